The van der Waals surface area contributed by atoms with Crippen LogP contribution in [0.1, 0.15) is 47.6 Å². The number of rotatable bonds is 12. The molecule has 0 bridgehead atoms. The second-order valence-corrected chi connectivity index (χ2v) is 10.6. The number of hydrogen-bond donors (Lipinski definition) is 1. The molecule has 5 nitrogen and oxygen atoms in total. The number of nitrogens with one attached hydrogen (secondary N) is 1. The monoisotopic (exact) mass is 596 g/mol. The molecule has 0 unspecified atom stereocenters. The normalized spacial score (nSPS) is 10.6. The van der Waals surface area contributed by atoms with Crippen LogP contribution in [0.2, 0.25) is 0 Å². The number of aryl methyl sites for hydroxylation is 1. The van der Waals surface area contributed by atoms with Crippen LogP contribution in [-0.4, -0.2) is 12.5 Å². The van der Waals surface area contributed by atoms with Crippen molar-refractivity contribution in [1.29, 1.82) is 5.26 Å². The van der Waals surface area contributed by atoms with E-state index in [4.69, 9.17) is 9.47 Å². The van der Waals surface area contributed by atoms with Crippen molar-refractivity contribution in [3.63, 3.8) is 0 Å². The third-order valence-electron chi connectivity index (χ3n) is 6.79. The lowest BCUT2D eigenvalue weighted by Gasteiger charge is -2.16. The van der Waals surface area contributed by atoms with Gasteiger partial charge >= 0.3 is 0 Å². The summed E-state index contributed by atoms with van der Waals surface area (Å²) in [6, 6.07) is 30.5. The first kappa shape index (κ1) is 28.9. The van der Waals surface area contributed by atoms with Crippen molar-refractivity contribution in [1.82, 2.24) is 5.32 Å². The minimum absolute atomic E-state index is 0.0159. The maximum atomic E-state index is 11.2. The maximum absolute atomic E-state index is 11.2. The highest BCUT2D eigenvalue weighted by molar-refractivity contribution is 9.10. The zero-order valence-corrected chi connectivity index (χ0v) is 24.5. The van der Waals surface area contributed by atoms with Crippen molar-refractivity contribution in [3.05, 3.63) is 117 Å². The first-order valence-electron chi connectivity index (χ1n) is 13.4. The minimum atomic E-state index is -0.0159. The lowest BCUT2D eigenvalue weighted by atomic mass is 9.97. The lowest BCUT2D eigenvalue weighted by molar-refractivity contribution is -0.118. The molecule has 0 aliphatic heterocycles. The molecule has 0 aromatic heterocycles. The minimum Gasteiger partial charge on any atom is -0.489 e. The number of carbonyl (C=O) groups is 1. The van der Waals surface area contributed by atoms with Crippen molar-refractivity contribution in [2.75, 3.05) is 6.54 Å². The molecular formula is C34H33BrN2O3. The van der Waals surface area contributed by atoms with Gasteiger partial charge in [-0.3, -0.25) is 4.79 Å². The number of carbonyl (C=O) groups excluding carboxylic acids is 1. The summed E-state index contributed by atoms with van der Waals surface area (Å²) in [6.45, 7) is 5.02. The van der Waals surface area contributed by atoms with Gasteiger partial charge in [-0.1, -0.05) is 76.6 Å². The van der Waals surface area contributed by atoms with Crippen molar-refractivity contribution in [2.24, 2.45) is 0 Å². The molecule has 0 radical (unpaired) electrons. The van der Waals surface area contributed by atoms with Crippen LogP contribution in [0.3, 0.4) is 0 Å². The standard InChI is InChI=1S/C34H33BrN2O3/c1-24-28(12-8-13-33(24)26-9-4-3-5-10-26)22-39-32-17-15-27(11-6-7-18-37-25(2)38)34(20-32)40-23-29-14-16-31(35)19-30(29)21-36/h3-5,8-10,12-17,19-20H,6-7,11,18,22-23H2,1-2H3,(H,37,38). The highest BCUT2D eigenvalue weighted by Crippen LogP contribution is 2.30. The SMILES string of the molecule is CC(=O)NCCCCc1ccc(OCc2cccc(-c3ccccc3)c2C)cc1OCc1ccc(Br)cc1C#N. The number of ether oxygens (including phenoxy) is 2. The van der Waals surface area contributed by atoms with Crippen LogP contribution >= 0.6 is 15.9 Å². The van der Waals surface area contributed by atoms with E-state index in [1.807, 2.05) is 36.4 Å². The van der Waals surface area contributed by atoms with Gasteiger partial charge in [-0.2, -0.15) is 5.26 Å². The van der Waals surface area contributed by atoms with E-state index in [1.165, 1.54) is 23.6 Å². The topological polar surface area (TPSA) is 71.3 Å². The van der Waals surface area contributed by atoms with Gasteiger partial charge < -0.3 is 14.8 Å². The van der Waals surface area contributed by atoms with Crippen molar-refractivity contribution < 1.29 is 14.3 Å². The second-order valence-electron chi connectivity index (χ2n) is 9.66. The third kappa shape index (κ3) is 7.97. The van der Waals surface area contributed by atoms with Gasteiger partial charge in [-0.15, -0.1) is 0 Å². The number of nitriles is 1. The predicted octanol–water partition coefficient (Wildman–Crippen LogP) is 7.91. The van der Waals surface area contributed by atoms with Crippen molar-refractivity contribution in [3.8, 4) is 28.7 Å². The van der Waals surface area contributed by atoms with E-state index in [-0.39, 0.29) is 12.5 Å². The molecule has 0 spiro atoms. The Morgan fingerprint density at radius 2 is 1.65 bits per heavy atom. The van der Waals surface area contributed by atoms with Gasteiger partial charge in [-0.05, 0) is 72.2 Å². The zero-order chi connectivity index (χ0) is 28.3. The number of unbranched alkanes of at least 4 members (excludes halogenated alkanes) is 1. The Morgan fingerprint density at radius 3 is 2.42 bits per heavy atom. The van der Waals surface area contributed by atoms with Gasteiger partial charge in [0.2, 0.25) is 5.91 Å². The molecule has 1 amide bonds. The highest BCUT2D eigenvalue weighted by Gasteiger charge is 2.11. The average Bonchev–Trinajstić information content (AvgIpc) is 2.96. The van der Waals surface area contributed by atoms with E-state index < -0.39 is 0 Å². The fourth-order valence-electron chi connectivity index (χ4n) is 4.54. The molecular weight excluding hydrogens is 564 g/mol. The lowest BCUT2D eigenvalue weighted by Crippen LogP contribution is -2.20. The molecule has 4 aromatic carbocycles. The molecule has 4 aromatic rings. The molecule has 0 saturated heterocycles. The fraction of sp³-hybridized carbons (Fsp3) is 0.235. The Kier molecular flexibility index (Phi) is 10.4. The van der Waals surface area contributed by atoms with Gasteiger partial charge in [0.05, 0.1) is 11.6 Å². The summed E-state index contributed by atoms with van der Waals surface area (Å²) in [5.41, 5.74) is 7.16. The molecule has 0 aliphatic rings. The number of nitrogens with zero attached hydrogens (tertiary/aromatic N) is 1. The fourth-order valence-corrected chi connectivity index (χ4v) is 4.90. The molecule has 40 heavy (non-hydrogen) atoms. The number of hydrogen-bond acceptors (Lipinski definition) is 4. The number of amides is 1. The quantitative estimate of drug-likeness (QED) is 0.169. The van der Waals surface area contributed by atoms with E-state index in [0.29, 0.717) is 18.7 Å². The smallest absolute Gasteiger partial charge is 0.216 e. The Balaban J connectivity index is 1.50. The zero-order valence-electron chi connectivity index (χ0n) is 22.9. The molecule has 4 rings (SSSR count). The Bertz CT molecular complexity index is 1500. The van der Waals surface area contributed by atoms with Gasteiger partial charge in [0.1, 0.15) is 24.7 Å². The summed E-state index contributed by atoms with van der Waals surface area (Å²) in [5, 5.41) is 12.4. The van der Waals surface area contributed by atoms with E-state index >= 15 is 0 Å². The van der Waals surface area contributed by atoms with Gasteiger partial charge in [-0.25, -0.2) is 0 Å². The Labute approximate surface area is 244 Å². The van der Waals surface area contributed by atoms with E-state index in [2.05, 4.69) is 76.7 Å². The summed E-state index contributed by atoms with van der Waals surface area (Å²) in [4.78, 5) is 11.2. The van der Waals surface area contributed by atoms with Crippen LogP contribution in [0.5, 0.6) is 11.5 Å². The van der Waals surface area contributed by atoms with Crippen molar-refractivity contribution in [2.45, 2.75) is 46.3 Å². The first-order valence-corrected chi connectivity index (χ1v) is 14.2. The van der Waals surface area contributed by atoms with E-state index in [9.17, 15) is 10.1 Å². The third-order valence-corrected chi connectivity index (χ3v) is 7.28. The number of halogens is 1. The maximum Gasteiger partial charge on any atom is 0.216 e. The summed E-state index contributed by atoms with van der Waals surface area (Å²) in [6.07, 6.45) is 2.59. The Hall–Kier alpha value is -4.08. The summed E-state index contributed by atoms with van der Waals surface area (Å²) >= 11 is 3.43. The van der Waals surface area contributed by atoms with Crippen LogP contribution < -0.4 is 14.8 Å². The van der Waals surface area contributed by atoms with Crippen LogP contribution in [0.4, 0.5) is 0 Å². The average molecular weight is 598 g/mol. The predicted molar refractivity (Wildman–Crippen MR) is 162 cm³/mol. The second kappa shape index (κ2) is 14.3. The van der Waals surface area contributed by atoms with Crippen LogP contribution in [-0.2, 0) is 24.4 Å². The highest BCUT2D eigenvalue weighted by atomic mass is 79.9. The first-order chi connectivity index (χ1) is 19.4. The van der Waals surface area contributed by atoms with Crippen LogP contribution in [0, 0.1) is 18.3 Å². The molecule has 0 atom stereocenters. The summed E-state index contributed by atoms with van der Waals surface area (Å²) in [7, 11) is 0. The molecule has 0 saturated carbocycles. The van der Waals surface area contributed by atoms with E-state index in [1.54, 1.807) is 6.07 Å². The molecule has 0 aliphatic carbocycles. The molecule has 204 valence electrons. The molecule has 1 N–H and O–H groups in total. The van der Waals surface area contributed by atoms with Gasteiger partial charge in [0.25, 0.3) is 0 Å². The van der Waals surface area contributed by atoms with E-state index in [0.717, 1.165) is 51.9 Å². The summed E-state index contributed by atoms with van der Waals surface area (Å²) < 4.78 is 13.4. The molecule has 6 heteroatoms. The van der Waals surface area contributed by atoms with Crippen LogP contribution in [0.15, 0.2) is 89.4 Å². The molecule has 0 heterocycles. The largest absolute Gasteiger partial charge is 0.489 e. The Morgan fingerprint density at radius 1 is 0.875 bits per heavy atom. The van der Waals surface area contributed by atoms with Gasteiger partial charge in [0, 0.05) is 29.6 Å². The van der Waals surface area contributed by atoms with Gasteiger partial charge in [0.15, 0.2) is 0 Å². The van der Waals surface area contributed by atoms with Crippen LogP contribution in [0.25, 0.3) is 11.1 Å². The molecule has 0 fully saturated rings. The summed E-state index contributed by atoms with van der Waals surface area (Å²) in [5.74, 6) is 1.44. The number of benzene rings is 4. The van der Waals surface area contributed by atoms with Crippen molar-refractivity contribution >= 4 is 21.8 Å².